The van der Waals surface area contributed by atoms with E-state index in [9.17, 15) is 5.11 Å². The molecule has 4 rings (SSSR count). The number of fused-ring (bicyclic) bond motifs is 4. The molecule has 2 bridgehead atoms. The van der Waals surface area contributed by atoms with Gasteiger partial charge in [0.15, 0.2) is 0 Å². The molecule has 4 atom stereocenters. The summed E-state index contributed by atoms with van der Waals surface area (Å²) in [4.78, 5) is 2.71. The molecule has 126 valence electrons. The molecule has 1 aliphatic heterocycles. The van der Waals surface area contributed by atoms with Gasteiger partial charge < -0.3 is 5.11 Å². The molecular formula is C22H27NO. The van der Waals surface area contributed by atoms with Gasteiger partial charge in [-0.2, -0.15) is 0 Å². The first-order valence-corrected chi connectivity index (χ1v) is 9.14. The van der Waals surface area contributed by atoms with Crippen molar-refractivity contribution in [1.29, 1.82) is 0 Å². The van der Waals surface area contributed by atoms with E-state index in [1.54, 1.807) is 0 Å². The van der Waals surface area contributed by atoms with Crippen molar-refractivity contribution in [3.8, 4) is 5.75 Å². The van der Waals surface area contributed by atoms with Gasteiger partial charge in [-0.25, -0.2) is 0 Å². The molecular weight excluding hydrogens is 294 g/mol. The maximum absolute atomic E-state index is 9.96. The fourth-order valence-corrected chi connectivity index (χ4v) is 5.04. The standard InChI is InChI=1S/C22H27NO/c1-15-21-13-18-9-10-19(24)14-20(18)22(15,3)11-12-23(21)16(2)17-7-5-4-6-8-17/h4-10,14-16,21,24H,11-13H2,1-3H3. The second-order valence-corrected chi connectivity index (χ2v) is 7.89. The quantitative estimate of drug-likeness (QED) is 0.868. The average molecular weight is 321 g/mol. The smallest absolute Gasteiger partial charge is 0.115 e. The van der Waals surface area contributed by atoms with E-state index >= 15 is 0 Å². The minimum absolute atomic E-state index is 0.171. The minimum Gasteiger partial charge on any atom is -0.508 e. The van der Waals surface area contributed by atoms with E-state index in [0.717, 1.165) is 19.4 Å². The number of hydrogen-bond donors (Lipinski definition) is 1. The number of likely N-dealkylation sites (tertiary alicyclic amines) is 1. The van der Waals surface area contributed by atoms with Gasteiger partial charge in [0.25, 0.3) is 0 Å². The van der Waals surface area contributed by atoms with Gasteiger partial charge in [-0.15, -0.1) is 0 Å². The Balaban J connectivity index is 1.71. The number of rotatable bonds is 2. The van der Waals surface area contributed by atoms with Crippen molar-refractivity contribution in [3.63, 3.8) is 0 Å². The van der Waals surface area contributed by atoms with Crippen LogP contribution in [-0.2, 0) is 11.8 Å². The first-order valence-electron chi connectivity index (χ1n) is 9.14. The summed E-state index contributed by atoms with van der Waals surface area (Å²) in [6, 6.07) is 17.9. The SMILES string of the molecule is CC(c1ccccc1)N1CCC2(C)c3cc(O)ccc3CC1C2C. The van der Waals surface area contributed by atoms with E-state index in [0.29, 0.717) is 23.8 Å². The van der Waals surface area contributed by atoms with Gasteiger partial charge in [0.2, 0.25) is 0 Å². The number of benzene rings is 2. The van der Waals surface area contributed by atoms with E-state index < -0.39 is 0 Å². The highest BCUT2D eigenvalue weighted by Crippen LogP contribution is 2.50. The summed E-state index contributed by atoms with van der Waals surface area (Å²) in [6.07, 6.45) is 2.24. The molecule has 1 fully saturated rings. The zero-order chi connectivity index (χ0) is 16.9. The second kappa shape index (κ2) is 5.63. The van der Waals surface area contributed by atoms with Crippen molar-refractivity contribution in [2.45, 2.75) is 51.1 Å². The largest absolute Gasteiger partial charge is 0.508 e. The van der Waals surface area contributed by atoms with Crippen LogP contribution in [0, 0.1) is 5.92 Å². The molecule has 2 aromatic rings. The predicted octanol–water partition coefficient (Wildman–Crippen LogP) is 4.68. The van der Waals surface area contributed by atoms with Crippen LogP contribution in [0.2, 0.25) is 0 Å². The summed E-state index contributed by atoms with van der Waals surface area (Å²) < 4.78 is 0. The Morgan fingerprint density at radius 1 is 1.17 bits per heavy atom. The van der Waals surface area contributed by atoms with Crippen molar-refractivity contribution >= 4 is 0 Å². The van der Waals surface area contributed by atoms with Gasteiger partial charge in [-0.3, -0.25) is 4.90 Å². The first kappa shape index (κ1) is 15.7. The van der Waals surface area contributed by atoms with Crippen LogP contribution < -0.4 is 0 Å². The zero-order valence-electron chi connectivity index (χ0n) is 14.9. The van der Waals surface area contributed by atoms with E-state index in [2.05, 4.69) is 62.1 Å². The molecule has 0 radical (unpaired) electrons. The Morgan fingerprint density at radius 2 is 1.92 bits per heavy atom. The van der Waals surface area contributed by atoms with Gasteiger partial charge in [-0.1, -0.05) is 50.2 Å². The lowest BCUT2D eigenvalue weighted by molar-refractivity contribution is 0.00554. The third-order valence-corrected chi connectivity index (χ3v) is 6.81. The van der Waals surface area contributed by atoms with Crippen molar-refractivity contribution in [1.82, 2.24) is 4.90 Å². The summed E-state index contributed by atoms with van der Waals surface area (Å²) in [6.45, 7) is 8.27. The zero-order valence-corrected chi connectivity index (χ0v) is 14.9. The van der Waals surface area contributed by atoms with E-state index in [1.807, 2.05) is 12.1 Å². The highest BCUT2D eigenvalue weighted by molar-refractivity contribution is 5.44. The summed E-state index contributed by atoms with van der Waals surface area (Å²) >= 11 is 0. The lowest BCUT2D eigenvalue weighted by Gasteiger charge is -2.56. The number of nitrogens with zero attached hydrogens (tertiary/aromatic N) is 1. The third kappa shape index (κ3) is 2.28. The molecule has 0 amide bonds. The third-order valence-electron chi connectivity index (χ3n) is 6.81. The first-order chi connectivity index (χ1) is 11.5. The molecule has 4 unspecified atom stereocenters. The van der Waals surface area contributed by atoms with Crippen LogP contribution in [0.4, 0.5) is 0 Å². The lowest BCUT2D eigenvalue weighted by Crippen LogP contribution is -2.58. The molecule has 2 nitrogen and oxygen atoms in total. The van der Waals surface area contributed by atoms with Crippen LogP contribution in [0.1, 0.15) is 49.9 Å². The molecule has 0 saturated carbocycles. The maximum atomic E-state index is 9.96. The van der Waals surface area contributed by atoms with Gasteiger partial charge in [0.05, 0.1) is 0 Å². The molecule has 1 aliphatic carbocycles. The van der Waals surface area contributed by atoms with Crippen LogP contribution in [-0.4, -0.2) is 22.6 Å². The Bertz CT molecular complexity index is 741. The maximum Gasteiger partial charge on any atom is 0.115 e. The predicted molar refractivity (Wildman–Crippen MR) is 98.3 cm³/mol. The minimum atomic E-state index is 0.171. The molecule has 2 aliphatic rings. The highest BCUT2D eigenvalue weighted by atomic mass is 16.3. The summed E-state index contributed by atoms with van der Waals surface area (Å²) in [7, 11) is 0. The van der Waals surface area contributed by atoms with Crippen LogP contribution in [0.25, 0.3) is 0 Å². The molecule has 2 heteroatoms. The van der Waals surface area contributed by atoms with Crippen molar-refractivity contribution < 1.29 is 5.11 Å². The fourth-order valence-electron chi connectivity index (χ4n) is 5.04. The topological polar surface area (TPSA) is 23.5 Å². The van der Waals surface area contributed by atoms with Crippen LogP contribution >= 0.6 is 0 Å². The molecule has 1 heterocycles. The fraction of sp³-hybridized carbons (Fsp3) is 0.455. The van der Waals surface area contributed by atoms with Crippen molar-refractivity contribution in [2.24, 2.45) is 5.92 Å². The number of aromatic hydroxyl groups is 1. The van der Waals surface area contributed by atoms with E-state index in [4.69, 9.17) is 0 Å². The monoisotopic (exact) mass is 321 g/mol. The molecule has 24 heavy (non-hydrogen) atoms. The van der Waals surface area contributed by atoms with Crippen LogP contribution in [0.15, 0.2) is 48.5 Å². The van der Waals surface area contributed by atoms with Gasteiger partial charge >= 0.3 is 0 Å². The molecule has 0 aromatic heterocycles. The average Bonchev–Trinajstić information content (AvgIpc) is 2.59. The Morgan fingerprint density at radius 3 is 2.67 bits per heavy atom. The Kier molecular flexibility index (Phi) is 3.69. The lowest BCUT2D eigenvalue weighted by atomic mass is 9.58. The number of hydrogen-bond acceptors (Lipinski definition) is 2. The van der Waals surface area contributed by atoms with Crippen molar-refractivity contribution in [2.75, 3.05) is 6.54 Å². The summed E-state index contributed by atoms with van der Waals surface area (Å²) in [5.74, 6) is 0.993. The normalized spacial score (nSPS) is 30.6. The summed E-state index contributed by atoms with van der Waals surface area (Å²) in [5.41, 5.74) is 4.37. The number of piperidine rings is 1. The highest BCUT2D eigenvalue weighted by Gasteiger charge is 2.49. The number of phenolic OH excluding ortho intramolecular Hbond substituents is 1. The Hall–Kier alpha value is -1.80. The van der Waals surface area contributed by atoms with Gasteiger partial charge in [0.1, 0.15) is 5.75 Å². The molecule has 1 N–H and O–H groups in total. The Labute approximate surface area is 145 Å². The van der Waals surface area contributed by atoms with E-state index in [-0.39, 0.29) is 5.41 Å². The molecule has 2 aromatic carbocycles. The van der Waals surface area contributed by atoms with E-state index in [1.165, 1.54) is 16.7 Å². The molecule has 1 saturated heterocycles. The summed E-state index contributed by atoms with van der Waals surface area (Å²) in [5, 5.41) is 9.96. The van der Waals surface area contributed by atoms with Crippen LogP contribution in [0.5, 0.6) is 5.75 Å². The molecule has 0 spiro atoms. The van der Waals surface area contributed by atoms with Crippen LogP contribution in [0.3, 0.4) is 0 Å². The second-order valence-electron chi connectivity index (χ2n) is 7.89. The van der Waals surface area contributed by atoms with Gasteiger partial charge in [0, 0.05) is 12.1 Å². The van der Waals surface area contributed by atoms with Gasteiger partial charge in [-0.05, 0) is 66.5 Å². The number of phenols is 1. The van der Waals surface area contributed by atoms with Crippen molar-refractivity contribution in [3.05, 3.63) is 65.2 Å².